The minimum atomic E-state index is -1.03. The molecule has 0 aliphatic carbocycles. The van der Waals surface area contributed by atoms with Crippen molar-refractivity contribution in [3.05, 3.63) is 20.8 Å². The molecule has 0 aliphatic rings. The third-order valence-electron chi connectivity index (χ3n) is 2.22. The smallest absolute Gasteiger partial charge is 0.263 e. The average Bonchev–Trinajstić information content (AvgIpc) is 2.59. The lowest BCUT2D eigenvalue weighted by atomic mass is 10.1. The second-order valence-corrected chi connectivity index (χ2v) is 5.15. The van der Waals surface area contributed by atoms with Crippen LogP contribution in [-0.2, 0) is 0 Å². The van der Waals surface area contributed by atoms with E-state index in [4.69, 9.17) is 21.8 Å². The highest BCUT2D eigenvalue weighted by Crippen LogP contribution is 2.27. The Kier molecular flexibility index (Phi) is 4.32. The van der Waals surface area contributed by atoms with Gasteiger partial charge < -0.3 is 15.5 Å². The van der Waals surface area contributed by atoms with E-state index in [1.807, 2.05) is 6.92 Å². The number of rotatable bonds is 4. The van der Waals surface area contributed by atoms with Crippen molar-refractivity contribution in [1.29, 1.82) is 0 Å². The number of carbonyl (C=O) groups is 1. The highest BCUT2D eigenvalue weighted by molar-refractivity contribution is 7.13. The Balaban J connectivity index is 2.84. The van der Waals surface area contributed by atoms with Crippen molar-refractivity contribution in [2.24, 2.45) is 0 Å². The van der Waals surface area contributed by atoms with Gasteiger partial charge in [-0.15, -0.1) is 11.3 Å². The molecule has 0 unspecified atom stereocenters. The van der Waals surface area contributed by atoms with Crippen molar-refractivity contribution in [3.63, 3.8) is 0 Å². The molecule has 0 spiro atoms. The molecule has 0 saturated heterocycles. The first-order valence-corrected chi connectivity index (χ1v) is 5.97. The normalized spacial score (nSPS) is 11.6. The van der Waals surface area contributed by atoms with Gasteiger partial charge in [0.15, 0.2) is 0 Å². The molecule has 0 aliphatic heterocycles. The summed E-state index contributed by atoms with van der Waals surface area (Å²) in [6.07, 6.45) is 0. The highest BCUT2D eigenvalue weighted by atomic mass is 35.5. The van der Waals surface area contributed by atoms with E-state index < -0.39 is 5.54 Å². The van der Waals surface area contributed by atoms with E-state index in [1.54, 1.807) is 12.3 Å². The number of carbonyl (C=O) groups excluding carboxylic acids is 1. The van der Waals surface area contributed by atoms with E-state index in [0.29, 0.717) is 9.90 Å². The number of aryl methyl sites for hydroxylation is 1. The summed E-state index contributed by atoms with van der Waals surface area (Å²) in [4.78, 5) is 12.2. The van der Waals surface area contributed by atoms with Gasteiger partial charge in [-0.3, -0.25) is 4.79 Å². The second-order valence-electron chi connectivity index (χ2n) is 3.89. The maximum Gasteiger partial charge on any atom is 0.263 e. The van der Waals surface area contributed by atoms with Crippen LogP contribution in [0.2, 0.25) is 5.02 Å². The molecule has 3 N–H and O–H groups in total. The molecule has 0 bridgehead atoms. The Labute approximate surface area is 103 Å². The lowest BCUT2D eigenvalue weighted by molar-refractivity contribution is 0.0727. The van der Waals surface area contributed by atoms with Crippen molar-refractivity contribution in [2.45, 2.75) is 19.4 Å². The van der Waals surface area contributed by atoms with Gasteiger partial charge >= 0.3 is 0 Å². The van der Waals surface area contributed by atoms with Crippen LogP contribution in [0.3, 0.4) is 0 Å². The average molecular weight is 264 g/mol. The number of thiophene rings is 1. The standard InChI is InChI=1S/C10H14ClNO3S/c1-6-3-16-8(7(6)11)9(15)12-10(2,4-13)5-14/h3,13-14H,4-5H2,1-2H3,(H,12,15). The molecule has 1 aromatic heterocycles. The van der Waals surface area contributed by atoms with Crippen molar-refractivity contribution in [1.82, 2.24) is 5.32 Å². The molecule has 6 heteroatoms. The molecule has 0 aromatic carbocycles. The zero-order chi connectivity index (χ0) is 12.3. The fourth-order valence-electron chi connectivity index (χ4n) is 1.04. The summed E-state index contributed by atoms with van der Waals surface area (Å²) < 4.78 is 0. The lowest BCUT2D eigenvalue weighted by Crippen LogP contribution is -2.51. The number of amides is 1. The predicted molar refractivity (Wildman–Crippen MR) is 64.1 cm³/mol. The number of aliphatic hydroxyl groups is 2. The van der Waals surface area contributed by atoms with Gasteiger partial charge in [-0.1, -0.05) is 11.6 Å². The third kappa shape index (κ3) is 2.74. The molecular weight excluding hydrogens is 250 g/mol. The number of nitrogens with one attached hydrogen (secondary N) is 1. The van der Waals surface area contributed by atoms with Crippen LogP contribution in [-0.4, -0.2) is 34.9 Å². The van der Waals surface area contributed by atoms with Crippen LogP contribution in [0.1, 0.15) is 22.2 Å². The van der Waals surface area contributed by atoms with Gasteiger partial charge in [0.25, 0.3) is 5.91 Å². The highest BCUT2D eigenvalue weighted by Gasteiger charge is 2.26. The van der Waals surface area contributed by atoms with Gasteiger partial charge in [-0.25, -0.2) is 0 Å². The summed E-state index contributed by atoms with van der Waals surface area (Å²) in [6.45, 7) is 2.70. The van der Waals surface area contributed by atoms with Gasteiger partial charge in [0.05, 0.1) is 23.8 Å². The fourth-order valence-corrected chi connectivity index (χ4v) is 2.22. The molecule has 16 heavy (non-hydrogen) atoms. The molecule has 0 radical (unpaired) electrons. The van der Waals surface area contributed by atoms with Crippen LogP contribution in [0.5, 0.6) is 0 Å². The molecule has 0 fully saturated rings. The van der Waals surface area contributed by atoms with Crippen LogP contribution < -0.4 is 5.32 Å². The van der Waals surface area contributed by atoms with Crippen LogP contribution in [0.15, 0.2) is 5.38 Å². The quantitative estimate of drug-likeness (QED) is 0.764. The summed E-state index contributed by atoms with van der Waals surface area (Å²) in [5, 5.41) is 22.9. The van der Waals surface area contributed by atoms with Crippen LogP contribution in [0, 0.1) is 6.92 Å². The lowest BCUT2D eigenvalue weighted by Gasteiger charge is -2.25. The molecule has 4 nitrogen and oxygen atoms in total. The zero-order valence-electron chi connectivity index (χ0n) is 9.08. The Morgan fingerprint density at radius 3 is 2.50 bits per heavy atom. The molecule has 0 saturated carbocycles. The van der Waals surface area contributed by atoms with Gasteiger partial charge in [0.2, 0.25) is 0 Å². The molecular formula is C10H14ClNO3S. The van der Waals surface area contributed by atoms with Crippen LogP contribution >= 0.6 is 22.9 Å². The van der Waals surface area contributed by atoms with Gasteiger partial charge in [0.1, 0.15) is 4.88 Å². The minimum Gasteiger partial charge on any atom is -0.394 e. The van der Waals surface area contributed by atoms with Crippen LogP contribution in [0.4, 0.5) is 0 Å². The fraction of sp³-hybridized carbons (Fsp3) is 0.500. The molecule has 1 amide bonds. The number of aliphatic hydroxyl groups excluding tert-OH is 2. The number of hydrogen-bond donors (Lipinski definition) is 3. The second kappa shape index (κ2) is 5.14. The SMILES string of the molecule is Cc1csc(C(=O)NC(C)(CO)CO)c1Cl. The third-order valence-corrected chi connectivity index (χ3v) is 3.91. The molecule has 1 heterocycles. The van der Waals surface area contributed by atoms with Gasteiger partial charge in [-0.2, -0.15) is 0 Å². The topological polar surface area (TPSA) is 69.6 Å². The summed E-state index contributed by atoms with van der Waals surface area (Å²) in [6, 6.07) is 0. The maximum atomic E-state index is 11.8. The Morgan fingerprint density at radius 1 is 1.56 bits per heavy atom. The van der Waals surface area contributed by atoms with Gasteiger partial charge in [-0.05, 0) is 24.8 Å². The largest absolute Gasteiger partial charge is 0.394 e. The minimum absolute atomic E-state index is 0.336. The summed E-state index contributed by atoms with van der Waals surface area (Å²) in [5.41, 5.74) is -0.190. The Morgan fingerprint density at radius 2 is 2.12 bits per heavy atom. The Hall–Kier alpha value is -0.620. The molecule has 1 rings (SSSR count). The molecule has 1 aromatic rings. The van der Waals surface area contributed by atoms with Gasteiger partial charge in [0, 0.05) is 0 Å². The maximum absolute atomic E-state index is 11.8. The van der Waals surface area contributed by atoms with Crippen molar-refractivity contribution >= 4 is 28.8 Å². The first-order chi connectivity index (χ1) is 7.43. The Bertz CT molecular complexity index is 387. The first kappa shape index (κ1) is 13.4. The van der Waals surface area contributed by atoms with Crippen molar-refractivity contribution in [3.8, 4) is 0 Å². The summed E-state index contributed by atoms with van der Waals surface area (Å²) in [5.74, 6) is -0.381. The zero-order valence-corrected chi connectivity index (χ0v) is 10.7. The van der Waals surface area contributed by atoms with E-state index in [1.165, 1.54) is 11.3 Å². The van der Waals surface area contributed by atoms with Crippen molar-refractivity contribution < 1.29 is 15.0 Å². The van der Waals surface area contributed by atoms with Crippen LogP contribution in [0.25, 0.3) is 0 Å². The monoisotopic (exact) mass is 263 g/mol. The van der Waals surface area contributed by atoms with E-state index in [0.717, 1.165) is 5.56 Å². The van der Waals surface area contributed by atoms with E-state index in [-0.39, 0.29) is 19.1 Å². The molecule has 90 valence electrons. The van der Waals surface area contributed by atoms with E-state index in [2.05, 4.69) is 5.32 Å². The summed E-state index contributed by atoms with van der Waals surface area (Å²) in [7, 11) is 0. The molecule has 0 atom stereocenters. The predicted octanol–water partition coefficient (Wildman–Crippen LogP) is 1.18. The number of hydrogen-bond acceptors (Lipinski definition) is 4. The number of halogens is 1. The van der Waals surface area contributed by atoms with E-state index >= 15 is 0 Å². The van der Waals surface area contributed by atoms with Crippen molar-refractivity contribution in [2.75, 3.05) is 13.2 Å². The summed E-state index contributed by atoms with van der Waals surface area (Å²) >= 11 is 7.18. The van der Waals surface area contributed by atoms with E-state index in [9.17, 15) is 4.79 Å². The first-order valence-electron chi connectivity index (χ1n) is 4.71.